The standard InChI is InChI=1S/C14H11BrClFO.C2H6/c1-8-6-12(15)11(7-13(8)16)14(18)9-2-4-10(17)5-3-9;1-2/h2-7,14,18H,1H3;1-2H3. The highest BCUT2D eigenvalue weighted by atomic mass is 79.9. The van der Waals surface area contributed by atoms with Crippen molar-refractivity contribution in [2.45, 2.75) is 26.9 Å². The Morgan fingerprint density at radius 1 is 1.15 bits per heavy atom. The monoisotopic (exact) mass is 358 g/mol. The lowest BCUT2D eigenvalue weighted by molar-refractivity contribution is 0.219. The van der Waals surface area contributed by atoms with Crippen LogP contribution in [0.3, 0.4) is 0 Å². The minimum atomic E-state index is -0.835. The van der Waals surface area contributed by atoms with Crippen LogP contribution in [0.25, 0.3) is 0 Å². The summed E-state index contributed by atoms with van der Waals surface area (Å²) < 4.78 is 13.6. The average Bonchev–Trinajstić information content (AvgIpc) is 2.45. The SMILES string of the molecule is CC.Cc1cc(Br)c(C(O)c2ccc(F)cc2)cc1Cl. The van der Waals surface area contributed by atoms with Gasteiger partial charge in [0.2, 0.25) is 0 Å². The molecule has 0 amide bonds. The van der Waals surface area contributed by atoms with Gasteiger partial charge in [-0.05, 0) is 42.3 Å². The second-order valence-electron chi connectivity index (χ2n) is 4.08. The van der Waals surface area contributed by atoms with Crippen molar-refractivity contribution in [1.82, 2.24) is 0 Å². The first-order valence-electron chi connectivity index (χ1n) is 6.38. The molecule has 0 heterocycles. The van der Waals surface area contributed by atoms with Crippen LogP contribution < -0.4 is 0 Å². The van der Waals surface area contributed by atoms with E-state index in [1.165, 1.54) is 12.1 Å². The Labute approximate surface area is 132 Å². The Balaban J connectivity index is 0.000000956. The summed E-state index contributed by atoms with van der Waals surface area (Å²) in [5.74, 6) is -0.327. The first-order valence-corrected chi connectivity index (χ1v) is 7.55. The predicted molar refractivity (Wildman–Crippen MR) is 85.7 cm³/mol. The molecule has 0 aromatic heterocycles. The van der Waals surface area contributed by atoms with Gasteiger partial charge in [-0.2, -0.15) is 0 Å². The zero-order valence-electron chi connectivity index (χ0n) is 11.6. The van der Waals surface area contributed by atoms with Crippen LogP contribution in [0, 0.1) is 12.7 Å². The maximum Gasteiger partial charge on any atom is 0.123 e. The molecule has 0 saturated heterocycles. The maximum absolute atomic E-state index is 12.8. The summed E-state index contributed by atoms with van der Waals surface area (Å²) in [4.78, 5) is 0. The Hall–Kier alpha value is -0.900. The fraction of sp³-hybridized carbons (Fsp3) is 0.250. The fourth-order valence-electron chi connectivity index (χ4n) is 1.70. The van der Waals surface area contributed by atoms with Crippen molar-refractivity contribution < 1.29 is 9.50 Å². The number of benzene rings is 2. The summed E-state index contributed by atoms with van der Waals surface area (Å²) in [6, 6.07) is 9.32. The molecule has 2 aromatic rings. The number of hydrogen-bond acceptors (Lipinski definition) is 1. The van der Waals surface area contributed by atoms with Crippen molar-refractivity contribution in [3.8, 4) is 0 Å². The van der Waals surface area contributed by atoms with Gasteiger partial charge in [0.05, 0.1) is 0 Å². The van der Waals surface area contributed by atoms with Gasteiger partial charge in [0.25, 0.3) is 0 Å². The molecule has 108 valence electrons. The van der Waals surface area contributed by atoms with Gasteiger partial charge in [-0.1, -0.05) is 53.5 Å². The normalized spacial score (nSPS) is 11.6. The summed E-state index contributed by atoms with van der Waals surface area (Å²) >= 11 is 9.45. The summed E-state index contributed by atoms with van der Waals surface area (Å²) in [6.07, 6.45) is -0.835. The van der Waals surface area contributed by atoms with Gasteiger partial charge >= 0.3 is 0 Å². The van der Waals surface area contributed by atoms with Gasteiger partial charge in [0.1, 0.15) is 11.9 Å². The van der Waals surface area contributed by atoms with Crippen LogP contribution in [-0.4, -0.2) is 5.11 Å². The van der Waals surface area contributed by atoms with Crippen molar-refractivity contribution in [3.63, 3.8) is 0 Å². The van der Waals surface area contributed by atoms with Gasteiger partial charge in [-0.25, -0.2) is 4.39 Å². The number of aryl methyl sites for hydroxylation is 1. The molecule has 2 aromatic carbocycles. The quantitative estimate of drug-likeness (QED) is 0.733. The molecule has 20 heavy (non-hydrogen) atoms. The first-order chi connectivity index (χ1) is 9.49. The van der Waals surface area contributed by atoms with E-state index in [1.807, 2.05) is 26.8 Å². The fourth-order valence-corrected chi connectivity index (χ4v) is 2.54. The van der Waals surface area contributed by atoms with E-state index in [0.717, 1.165) is 10.0 Å². The number of aliphatic hydroxyl groups excluding tert-OH is 1. The van der Waals surface area contributed by atoms with E-state index in [4.69, 9.17) is 11.6 Å². The van der Waals surface area contributed by atoms with Crippen molar-refractivity contribution in [3.05, 3.63) is 68.4 Å². The molecule has 4 heteroatoms. The van der Waals surface area contributed by atoms with E-state index in [2.05, 4.69) is 15.9 Å². The van der Waals surface area contributed by atoms with Crippen LogP contribution >= 0.6 is 27.5 Å². The number of hydrogen-bond donors (Lipinski definition) is 1. The van der Waals surface area contributed by atoms with Crippen molar-refractivity contribution >= 4 is 27.5 Å². The third kappa shape index (κ3) is 4.05. The van der Waals surface area contributed by atoms with Crippen LogP contribution in [0.15, 0.2) is 40.9 Å². The summed E-state index contributed by atoms with van der Waals surface area (Å²) in [7, 11) is 0. The predicted octanol–water partition coefficient (Wildman–Crippen LogP) is 5.66. The molecule has 1 nitrogen and oxygen atoms in total. The summed E-state index contributed by atoms with van der Waals surface area (Å²) in [6.45, 7) is 5.89. The Kier molecular flexibility index (Phi) is 6.66. The molecule has 0 bridgehead atoms. The van der Waals surface area contributed by atoms with E-state index in [0.29, 0.717) is 16.1 Å². The Morgan fingerprint density at radius 2 is 1.70 bits per heavy atom. The lowest BCUT2D eigenvalue weighted by Gasteiger charge is -2.14. The molecule has 0 aliphatic heterocycles. The lowest BCUT2D eigenvalue weighted by atomic mass is 10.0. The van der Waals surface area contributed by atoms with E-state index in [9.17, 15) is 9.50 Å². The van der Waals surface area contributed by atoms with E-state index < -0.39 is 6.10 Å². The van der Waals surface area contributed by atoms with Crippen LogP contribution in [0.4, 0.5) is 4.39 Å². The number of halogens is 3. The first kappa shape index (κ1) is 17.2. The maximum atomic E-state index is 12.8. The van der Waals surface area contributed by atoms with Crippen LogP contribution in [-0.2, 0) is 0 Å². The molecule has 1 unspecified atom stereocenters. The molecule has 2 rings (SSSR count). The van der Waals surface area contributed by atoms with E-state index in [1.54, 1.807) is 18.2 Å². The van der Waals surface area contributed by atoms with Crippen molar-refractivity contribution in [1.29, 1.82) is 0 Å². The van der Waals surface area contributed by atoms with Crippen LogP contribution in [0.1, 0.15) is 36.6 Å². The number of rotatable bonds is 2. The van der Waals surface area contributed by atoms with E-state index in [-0.39, 0.29) is 5.82 Å². The topological polar surface area (TPSA) is 20.2 Å². The third-order valence-electron chi connectivity index (χ3n) is 2.76. The highest BCUT2D eigenvalue weighted by Gasteiger charge is 2.15. The molecular formula is C16H17BrClFO. The summed E-state index contributed by atoms with van der Waals surface area (Å²) in [5, 5.41) is 10.9. The molecule has 0 radical (unpaired) electrons. The molecule has 0 spiro atoms. The van der Waals surface area contributed by atoms with Gasteiger partial charge in [-0.15, -0.1) is 0 Å². The van der Waals surface area contributed by atoms with Crippen molar-refractivity contribution in [2.75, 3.05) is 0 Å². The Morgan fingerprint density at radius 3 is 2.25 bits per heavy atom. The average molecular weight is 360 g/mol. The zero-order chi connectivity index (χ0) is 15.3. The molecule has 0 aliphatic carbocycles. The third-order valence-corrected chi connectivity index (χ3v) is 3.85. The lowest BCUT2D eigenvalue weighted by Crippen LogP contribution is -2.01. The number of aliphatic hydroxyl groups is 1. The van der Waals surface area contributed by atoms with Gasteiger partial charge in [0, 0.05) is 15.1 Å². The smallest absolute Gasteiger partial charge is 0.123 e. The van der Waals surface area contributed by atoms with Gasteiger partial charge in [-0.3, -0.25) is 0 Å². The minimum Gasteiger partial charge on any atom is -0.384 e. The summed E-state index contributed by atoms with van der Waals surface area (Å²) in [5.41, 5.74) is 2.22. The van der Waals surface area contributed by atoms with Gasteiger partial charge in [0.15, 0.2) is 0 Å². The molecule has 0 fully saturated rings. The second kappa shape index (κ2) is 7.77. The molecule has 0 aliphatic rings. The van der Waals surface area contributed by atoms with Crippen LogP contribution in [0.2, 0.25) is 5.02 Å². The molecule has 1 atom stereocenters. The Bertz CT molecular complexity index is 569. The van der Waals surface area contributed by atoms with E-state index >= 15 is 0 Å². The van der Waals surface area contributed by atoms with Gasteiger partial charge < -0.3 is 5.11 Å². The molecular weight excluding hydrogens is 343 g/mol. The largest absolute Gasteiger partial charge is 0.384 e. The highest BCUT2D eigenvalue weighted by molar-refractivity contribution is 9.10. The van der Waals surface area contributed by atoms with Crippen molar-refractivity contribution in [2.24, 2.45) is 0 Å². The molecule has 1 N–H and O–H groups in total. The minimum absolute atomic E-state index is 0.327. The second-order valence-corrected chi connectivity index (χ2v) is 5.34. The zero-order valence-corrected chi connectivity index (χ0v) is 14.0. The molecule has 0 saturated carbocycles. The highest BCUT2D eigenvalue weighted by Crippen LogP contribution is 2.32. The van der Waals surface area contributed by atoms with Crippen LogP contribution in [0.5, 0.6) is 0 Å².